The Bertz CT molecular complexity index is 1210. The normalized spacial score (nSPS) is 10.8. The van der Waals surface area contributed by atoms with Crippen molar-refractivity contribution in [3.63, 3.8) is 0 Å². The zero-order valence-corrected chi connectivity index (χ0v) is 22.4. The SMILES string of the molecule is C=C(C)C(=O)OCCOc1ccc(-c2ccc(OC(=O)C(=C)C)c(F)c2)cc1OCCOC(=O)C(C)(C)C. The monoisotopic (exact) mass is 528 g/mol. The summed E-state index contributed by atoms with van der Waals surface area (Å²) in [7, 11) is 0. The highest BCUT2D eigenvalue weighted by Crippen LogP contribution is 2.34. The lowest BCUT2D eigenvalue weighted by atomic mass is 9.97. The number of carbonyl (C=O) groups is 3. The maximum absolute atomic E-state index is 14.6. The van der Waals surface area contributed by atoms with Gasteiger partial charge in [-0.2, -0.15) is 0 Å². The molecule has 0 aliphatic heterocycles. The highest BCUT2D eigenvalue weighted by atomic mass is 19.1. The van der Waals surface area contributed by atoms with Crippen LogP contribution in [0.15, 0.2) is 60.7 Å². The summed E-state index contributed by atoms with van der Waals surface area (Å²) in [5, 5.41) is 0. The molecule has 0 heterocycles. The topological polar surface area (TPSA) is 97.4 Å². The highest BCUT2D eigenvalue weighted by Gasteiger charge is 2.23. The van der Waals surface area contributed by atoms with Gasteiger partial charge in [0.1, 0.15) is 26.4 Å². The Morgan fingerprint density at radius 1 is 0.737 bits per heavy atom. The molecule has 0 N–H and O–H groups in total. The van der Waals surface area contributed by atoms with Crippen molar-refractivity contribution in [3.8, 4) is 28.4 Å². The minimum absolute atomic E-state index is 0.00735. The summed E-state index contributed by atoms with van der Waals surface area (Å²) in [4.78, 5) is 35.3. The molecule has 0 aromatic heterocycles. The molecule has 9 heteroatoms. The average Bonchev–Trinajstić information content (AvgIpc) is 2.84. The number of carbonyl (C=O) groups excluding carboxylic acids is 3. The lowest BCUT2D eigenvalue weighted by Gasteiger charge is -2.18. The molecule has 0 spiro atoms. The predicted molar refractivity (Wildman–Crippen MR) is 139 cm³/mol. The van der Waals surface area contributed by atoms with Crippen LogP contribution in [0.5, 0.6) is 17.2 Å². The Morgan fingerprint density at radius 2 is 1.26 bits per heavy atom. The molecule has 2 rings (SSSR count). The summed E-state index contributed by atoms with van der Waals surface area (Å²) in [5.74, 6) is -1.92. The molecule has 2 aromatic rings. The molecule has 8 nitrogen and oxygen atoms in total. The first-order chi connectivity index (χ1) is 17.8. The van der Waals surface area contributed by atoms with Gasteiger partial charge in [0.05, 0.1) is 5.41 Å². The number of benzene rings is 2. The molecule has 0 saturated carbocycles. The first kappa shape index (κ1) is 30.1. The van der Waals surface area contributed by atoms with Gasteiger partial charge in [0.2, 0.25) is 0 Å². The van der Waals surface area contributed by atoms with Crippen LogP contribution >= 0.6 is 0 Å². The van der Waals surface area contributed by atoms with Gasteiger partial charge in [-0.3, -0.25) is 4.79 Å². The third kappa shape index (κ3) is 9.06. The number of halogens is 1. The molecule has 0 unspecified atom stereocenters. The molecule has 0 radical (unpaired) electrons. The lowest BCUT2D eigenvalue weighted by Crippen LogP contribution is -2.25. The summed E-state index contributed by atoms with van der Waals surface area (Å²) < 4.78 is 41.4. The second-order valence-electron chi connectivity index (χ2n) is 9.48. The molecular weight excluding hydrogens is 495 g/mol. The molecule has 0 amide bonds. The van der Waals surface area contributed by atoms with Crippen LogP contribution in [-0.2, 0) is 23.9 Å². The Kier molecular flexibility index (Phi) is 10.6. The van der Waals surface area contributed by atoms with Gasteiger partial charge in [0.15, 0.2) is 23.1 Å². The van der Waals surface area contributed by atoms with E-state index in [4.69, 9.17) is 23.7 Å². The fraction of sp³-hybridized carbons (Fsp3) is 0.345. The summed E-state index contributed by atoms with van der Waals surface area (Å²) in [6.45, 7) is 15.3. The second-order valence-corrected chi connectivity index (χ2v) is 9.48. The fourth-order valence-electron chi connectivity index (χ4n) is 2.78. The van der Waals surface area contributed by atoms with Crippen molar-refractivity contribution < 1.29 is 42.5 Å². The van der Waals surface area contributed by atoms with Crippen molar-refractivity contribution >= 4 is 17.9 Å². The van der Waals surface area contributed by atoms with Crippen molar-refractivity contribution in [3.05, 3.63) is 66.5 Å². The van der Waals surface area contributed by atoms with Crippen molar-refractivity contribution in [2.45, 2.75) is 34.6 Å². The van der Waals surface area contributed by atoms with Crippen molar-refractivity contribution in [1.29, 1.82) is 0 Å². The third-order valence-electron chi connectivity index (χ3n) is 4.87. The van der Waals surface area contributed by atoms with Gasteiger partial charge in [-0.15, -0.1) is 0 Å². The predicted octanol–water partition coefficient (Wildman–Crippen LogP) is 5.44. The Morgan fingerprint density at radius 3 is 1.82 bits per heavy atom. The molecule has 0 atom stereocenters. The van der Waals surface area contributed by atoms with Crippen molar-refractivity contribution in [2.75, 3.05) is 26.4 Å². The van der Waals surface area contributed by atoms with Crippen LogP contribution in [0, 0.1) is 11.2 Å². The van der Waals surface area contributed by atoms with Crippen LogP contribution < -0.4 is 14.2 Å². The van der Waals surface area contributed by atoms with E-state index in [0.29, 0.717) is 22.6 Å². The van der Waals surface area contributed by atoms with Crippen LogP contribution in [0.2, 0.25) is 0 Å². The van der Waals surface area contributed by atoms with E-state index in [2.05, 4.69) is 13.2 Å². The molecule has 0 bridgehead atoms. The number of rotatable bonds is 12. The number of hydrogen-bond donors (Lipinski definition) is 0. The summed E-state index contributed by atoms with van der Waals surface area (Å²) >= 11 is 0. The zero-order chi connectivity index (χ0) is 28.5. The van der Waals surface area contributed by atoms with Crippen molar-refractivity contribution in [1.82, 2.24) is 0 Å². The average molecular weight is 529 g/mol. The molecule has 0 saturated heterocycles. The lowest BCUT2D eigenvalue weighted by molar-refractivity contribution is -0.153. The quantitative estimate of drug-likeness (QED) is 0.156. The second kappa shape index (κ2) is 13.4. The van der Waals surface area contributed by atoms with Gasteiger partial charge < -0.3 is 23.7 Å². The molecule has 0 fully saturated rings. The van der Waals surface area contributed by atoms with Crippen LogP contribution in [0.1, 0.15) is 34.6 Å². The molecule has 0 aliphatic carbocycles. The van der Waals surface area contributed by atoms with Gasteiger partial charge in [-0.25, -0.2) is 14.0 Å². The number of esters is 3. The van der Waals surface area contributed by atoms with Crippen LogP contribution in [-0.4, -0.2) is 44.3 Å². The number of hydrogen-bond acceptors (Lipinski definition) is 8. The molecule has 2 aromatic carbocycles. The van der Waals surface area contributed by atoms with E-state index in [-0.39, 0.29) is 49.3 Å². The van der Waals surface area contributed by atoms with E-state index < -0.39 is 23.2 Å². The number of ether oxygens (including phenoxy) is 5. The minimum Gasteiger partial charge on any atom is -0.486 e. The maximum Gasteiger partial charge on any atom is 0.338 e. The molecule has 38 heavy (non-hydrogen) atoms. The fourth-order valence-corrected chi connectivity index (χ4v) is 2.78. The van der Waals surface area contributed by atoms with E-state index in [1.54, 1.807) is 52.0 Å². The Labute approximate surface area is 222 Å². The third-order valence-corrected chi connectivity index (χ3v) is 4.87. The molecular formula is C29H33FO8. The van der Waals surface area contributed by atoms with E-state index in [1.165, 1.54) is 19.1 Å². The van der Waals surface area contributed by atoms with Crippen molar-refractivity contribution in [2.24, 2.45) is 5.41 Å². The van der Waals surface area contributed by atoms with Gasteiger partial charge in [-0.05, 0) is 70.0 Å². The first-order valence-electron chi connectivity index (χ1n) is 11.9. The van der Waals surface area contributed by atoms with E-state index in [9.17, 15) is 18.8 Å². The van der Waals surface area contributed by atoms with Gasteiger partial charge in [0.25, 0.3) is 0 Å². The van der Waals surface area contributed by atoms with E-state index in [0.717, 1.165) is 0 Å². The molecule has 0 aliphatic rings. The van der Waals surface area contributed by atoms with Gasteiger partial charge in [0, 0.05) is 11.1 Å². The smallest absolute Gasteiger partial charge is 0.338 e. The Hall–Kier alpha value is -4.14. The first-order valence-corrected chi connectivity index (χ1v) is 11.9. The summed E-state index contributed by atoms with van der Waals surface area (Å²) in [6.07, 6.45) is 0. The summed E-state index contributed by atoms with van der Waals surface area (Å²) in [6, 6.07) is 9.11. The van der Waals surface area contributed by atoms with E-state index in [1.807, 2.05) is 0 Å². The maximum atomic E-state index is 14.6. The van der Waals surface area contributed by atoms with Crippen LogP contribution in [0.4, 0.5) is 4.39 Å². The van der Waals surface area contributed by atoms with Gasteiger partial charge in [-0.1, -0.05) is 25.3 Å². The summed E-state index contributed by atoms with van der Waals surface area (Å²) in [5.41, 5.74) is 0.849. The minimum atomic E-state index is -0.728. The standard InChI is InChI=1S/C29H33FO8/c1-18(2)26(31)36-14-12-34-24-11-9-21(17-25(24)35-13-15-37-28(33)29(5,6)7)20-8-10-23(22(30)16-20)38-27(32)19(3)4/h8-11,16-17H,1,3,12-15H2,2,4-7H3. The highest BCUT2D eigenvalue weighted by molar-refractivity contribution is 5.89. The van der Waals surface area contributed by atoms with Gasteiger partial charge >= 0.3 is 17.9 Å². The van der Waals surface area contributed by atoms with Crippen LogP contribution in [0.25, 0.3) is 11.1 Å². The molecule has 204 valence electrons. The van der Waals surface area contributed by atoms with Crippen LogP contribution in [0.3, 0.4) is 0 Å². The zero-order valence-electron chi connectivity index (χ0n) is 22.4. The van der Waals surface area contributed by atoms with E-state index >= 15 is 0 Å². The Balaban J connectivity index is 2.20. The largest absolute Gasteiger partial charge is 0.486 e.